The van der Waals surface area contributed by atoms with Gasteiger partial charge in [-0.3, -0.25) is 4.90 Å². The zero-order valence-corrected chi connectivity index (χ0v) is 16.6. The van der Waals surface area contributed by atoms with Crippen LogP contribution in [0.15, 0.2) is 28.7 Å². The number of likely N-dealkylation sites (tertiary alicyclic amines) is 1. The summed E-state index contributed by atoms with van der Waals surface area (Å²) in [5.74, 6) is 1.22. The van der Waals surface area contributed by atoms with Gasteiger partial charge in [-0.1, -0.05) is 35.3 Å². The number of benzene rings is 1. The van der Waals surface area contributed by atoms with Crippen molar-refractivity contribution in [2.45, 2.75) is 51.5 Å². The summed E-state index contributed by atoms with van der Waals surface area (Å²) in [4.78, 5) is 2.61. The summed E-state index contributed by atoms with van der Waals surface area (Å²) in [5.41, 5.74) is 3.89. The first-order chi connectivity index (χ1) is 12.3. The van der Waals surface area contributed by atoms with Crippen molar-refractivity contribution in [3.8, 4) is 5.69 Å². The quantitative estimate of drug-likeness (QED) is 0.789. The zero-order chi connectivity index (χ0) is 17.2. The lowest BCUT2D eigenvalue weighted by Gasteiger charge is -2.34. The summed E-state index contributed by atoms with van der Waals surface area (Å²) in [7, 11) is 0. The van der Waals surface area contributed by atoms with E-state index in [0.717, 1.165) is 29.7 Å². The van der Waals surface area contributed by atoms with E-state index in [1.54, 1.807) is 0 Å². The van der Waals surface area contributed by atoms with Gasteiger partial charge in [-0.05, 0) is 63.4 Å². The van der Waals surface area contributed by atoms with Gasteiger partial charge in [-0.2, -0.15) is 5.10 Å². The van der Waals surface area contributed by atoms with E-state index in [2.05, 4.69) is 62.0 Å². The molecule has 0 amide bonds. The summed E-state index contributed by atoms with van der Waals surface area (Å²) in [5, 5.41) is 8.83. The highest BCUT2D eigenvalue weighted by Gasteiger charge is 2.30. The van der Waals surface area contributed by atoms with Crippen LogP contribution in [0.2, 0.25) is 0 Å². The first-order valence-corrected chi connectivity index (χ1v) is 10.4. The van der Waals surface area contributed by atoms with Crippen LogP contribution in [0.3, 0.4) is 0 Å². The molecular weight excluding hydrogens is 376 g/mol. The number of halogens is 1. The van der Waals surface area contributed by atoms with Crippen LogP contribution in [0.25, 0.3) is 5.69 Å². The number of nitrogens with zero attached hydrogens (tertiary/aromatic N) is 3. The lowest BCUT2D eigenvalue weighted by Crippen LogP contribution is -2.33. The maximum atomic E-state index is 5.16. The van der Waals surface area contributed by atoms with Crippen molar-refractivity contribution in [3.05, 3.63) is 40.0 Å². The van der Waals surface area contributed by atoms with Crippen LogP contribution in [0.4, 0.5) is 5.82 Å². The Labute approximate surface area is 158 Å². The largest absolute Gasteiger partial charge is 0.370 e. The highest BCUT2D eigenvalue weighted by molar-refractivity contribution is 9.10. The van der Waals surface area contributed by atoms with Gasteiger partial charge in [0.25, 0.3) is 0 Å². The van der Waals surface area contributed by atoms with Crippen molar-refractivity contribution in [3.63, 3.8) is 0 Å². The predicted molar refractivity (Wildman–Crippen MR) is 107 cm³/mol. The van der Waals surface area contributed by atoms with Crippen LogP contribution in [-0.2, 0) is 6.42 Å². The molecule has 0 bridgehead atoms. The van der Waals surface area contributed by atoms with Crippen molar-refractivity contribution in [1.82, 2.24) is 14.7 Å². The molecule has 1 atom stereocenters. The van der Waals surface area contributed by atoms with E-state index < -0.39 is 0 Å². The monoisotopic (exact) mass is 402 g/mol. The van der Waals surface area contributed by atoms with Crippen molar-refractivity contribution >= 4 is 21.7 Å². The average molecular weight is 403 g/mol. The summed E-state index contributed by atoms with van der Waals surface area (Å²) < 4.78 is 3.24. The van der Waals surface area contributed by atoms with Crippen LogP contribution < -0.4 is 5.32 Å². The van der Waals surface area contributed by atoms with E-state index in [4.69, 9.17) is 5.10 Å². The Hall–Kier alpha value is -1.33. The molecule has 1 unspecified atom stereocenters. The Kier molecular flexibility index (Phi) is 5.13. The lowest BCUT2D eigenvalue weighted by atomic mass is 9.95. The molecule has 1 fully saturated rings. The second-order valence-corrected chi connectivity index (χ2v) is 8.04. The minimum absolute atomic E-state index is 0.473. The van der Waals surface area contributed by atoms with E-state index in [1.807, 2.05) is 0 Å². The molecule has 5 heteroatoms. The van der Waals surface area contributed by atoms with Gasteiger partial charge in [0.05, 0.1) is 17.4 Å². The van der Waals surface area contributed by atoms with Crippen molar-refractivity contribution in [2.24, 2.45) is 0 Å². The minimum atomic E-state index is 0.473. The number of anilines is 1. The maximum Gasteiger partial charge on any atom is 0.133 e. The van der Waals surface area contributed by atoms with Gasteiger partial charge in [-0.25, -0.2) is 4.68 Å². The number of piperidine rings is 1. The van der Waals surface area contributed by atoms with Crippen molar-refractivity contribution in [1.29, 1.82) is 0 Å². The molecule has 0 spiro atoms. The Morgan fingerprint density at radius 3 is 3.00 bits per heavy atom. The molecule has 4 rings (SSSR count). The Bertz CT molecular complexity index is 739. The second kappa shape index (κ2) is 7.50. The third-order valence-corrected chi connectivity index (χ3v) is 6.04. The number of nitrogens with one attached hydrogen (secondary N) is 1. The Morgan fingerprint density at radius 1 is 1.24 bits per heavy atom. The molecular formula is C20H27BrN4. The van der Waals surface area contributed by atoms with E-state index in [-0.39, 0.29) is 0 Å². The summed E-state index contributed by atoms with van der Waals surface area (Å²) >= 11 is 3.61. The average Bonchev–Trinajstić information content (AvgIpc) is 2.82. The molecule has 0 aliphatic carbocycles. The van der Waals surface area contributed by atoms with Gasteiger partial charge in [-0.15, -0.1) is 0 Å². The highest BCUT2D eigenvalue weighted by atomic mass is 79.9. The van der Waals surface area contributed by atoms with Gasteiger partial charge < -0.3 is 5.32 Å². The maximum absolute atomic E-state index is 5.16. The van der Waals surface area contributed by atoms with Crippen LogP contribution in [0, 0.1) is 0 Å². The van der Waals surface area contributed by atoms with Gasteiger partial charge in [0.15, 0.2) is 0 Å². The molecule has 3 heterocycles. The van der Waals surface area contributed by atoms with Crippen LogP contribution >= 0.6 is 15.9 Å². The summed E-state index contributed by atoms with van der Waals surface area (Å²) in [6, 6.07) is 8.93. The zero-order valence-electron chi connectivity index (χ0n) is 15.0. The number of hydrogen-bond donors (Lipinski definition) is 1. The number of rotatable bonds is 3. The first-order valence-electron chi connectivity index (χ1n) is 9.63. The molecule has 0 saturated carbocycles. The normalized spacial score (nSPS) is 21.4. The fourth-order valence-corrected chi connectivity index (χ4v) is 4.66. The summed E-state index contributed by atoms with van der Waals surface area (Å²) in [6.45, 7) is 5.62. The van der Waals surface area contributed by atoms with Gasteiger partial charge in [0, 0.05) is 16.6 Å². The Balaban J connectivity index is 1.82. The van der Waals surface area contributed by atoms with Crippen molar-refractivity contribution in [2.75, 3.05) is 25.0 Å². The molecule has 2 aliphatic rings. The van der Waals surface area contributed by atoms with Crippen molar-refractivity contribution < 1.29 is 0 Å². The molecule has 1 aromatic heterocycles. The molecule has 4 nitrogen and oxygen atoms in total. The third-order valence-electron chi connectivity index (χ3n) is 5.55. The lowest BCUT2D eigenvalue weighted by molar-refractivity contribution is 0.152. The Morgan fingerprint density at radius 2 is 2.16 bits per heavy atom. The highest BCUT2D eigenvalue weighted by Crippen LogP contribution is 2.37. The minimum Gasteiger partial charge on any atom is -0.370 e. The summed E-state index contributed by atoms with van der Waals surface area (Å²) in [6.07, 6.45) is 7.48. The molecule has 2 aliphatic heterocycles. The van der Waals surface area contributed by atoms with Gasteiger partial charge >= 0.3 is 0 Å². The SMILES string of the molecule is CCN1CCCCC1c1nn(-c2cccc(Br)c2)c2c1CCCCN2. The fourth-order valence-electron chi connectivity index (χ4n) is 4.27. The molecule has 134 valence electrons. The van der Waals surface area contributed by atoms with E-state index in [9.17, 15) is 0 Å². The number of aromatic nitrogens is 2. The first kappa shape index (κ1) is 17.1. The van der Waals surface area contributed by atoms with E-state index in [1.165, 1.54) is 55.7 Å². The topological polar surface area (TPSA) is 33.1 Å². The number of hydrogen-bond acceptors (Lipinski definition) is 3. The predicted octanol–water partition coefficient (Wildman–Crippen LogP) is 4.93. The van der Waals surface area contributed by atoms with Crippen LogP contribution in [-0.4, -0.2) is 34.3 Å². The smallest absolute Gasteiger partial charge is 0.133 e. The molecule has 1 saturated heterocycles. The number of fused-ring (bicyclic) bond motifs is 1. The molecule has 0 radical (unpaired) electrons. The van der Waals surface area contributed by atoms with Gasteiger partial charge in [0.2, 0.25) is 0 Å². The third kappa shape index (κ3) is 3.36. The molecule has 2 aromatic rings. The van der Waals surface area contributed by atoms with Gasteiger partial charge in [0.1, 0.15) is 5.82 Å². The molecule has 1 N–H and O–H groups in total. The molecule has 1 aromatic carbocycles. The van der Waals surface area contributed by atoms with Crippen LogP contribution in [0.5, 0.6) is 0 Å². The fraction of sp³-hybridized carbons (Fsp3) is 0.550. The van der Waals surface area contributed by atoms with E-state index >= 15 is 0 Å². The van der Waals surface area contributed by atoms with Crippen LogP contribution in [0.1, 0.15) is 56.3 Å². The molecule has 25 heavy (non-hydrogen) atoms. The van der Waals surface area contributed by atoms with E-state index in [0.29, 0.717) is 6.04 Å². The second-order valence-electron chi connectivity index (χ2n) is 7.13. The standard InChI is InChI=1S/C20H27BrN4/c1-2-24-13-6-4-11-18(24)19-17-10-3-5-12-22-20(17)25(23-19)16-9-7-8-15(21)14-16/h7-9,14,18,22H,2-6,10-13H2,1H3.